The van der Waals surface area contributed by atoms with Crippen LogP contribution in [0.2, 0.25) is 0 Å². The Balaban J connectivity index is 0.00000210. The van der Waals surface area contributed by atoms with E-state index < -0.39 is 0 Å². The number of carbonyl (C=O) groups is 1. The van der Waals surface area contributed by atoms with Gasteiger partial charge in [-0.2, -0.15) is 0 Å². The van der Waals surface area contributed by atoms with Crippen molar-refractivity contribution in [3.63, 3.8) is 0 Å². The molecule has 1 N–H and O–H groups in total. The third-order valence-corrected chi connectivity index (χ3v) is 7.51. The Hall–Kier alpha value is -1.52. The van der Waals surface area contributed by atoms with Crippen LogP contribution in [0, 0.1) is 11.8 Å². The van der Waals surface area contributed by atoms with Gasteiger partial charge < -0.3 is 5.32 Å². The largest absolute Gasteiger partial charge is 0.326 e. The summed E-state index contributed by atoms with van der Waals surface area (Å²) in [5.74, 6) is 1.37. The number of anilines is 1. The minimum Gasteiger partial charge on any atom is -0.326 e. The van der Waals surface area contributed by atoms with Crippen molar-refractivity contribution in [2.24, 2.45) is 16.8 Å². The molecule has 0 bridgehead atoms. The van der Waals surface area contributed by atoms with Gasteiger partial charge in [-0.05, 0) is 47.9 Å². The van der Waals surface area contributed by atoms with Crippen molar-refractivity contribution < 1.29 is 4.79 Å². The average molecular weight is 403 g/mol. The van der Waals surface area contributed by atoms with Crippen molar-refractivity contribution in [2.45, 2.75) is 43.8 Å². The van der Waals surface area contributed by atoms with Crippen molar-refractivity contribution in [1.82, 2.24) is 0 Å². The number of carbonyl (C=O) groups excluding carboxylic acids is 1. The Bertz CT molecular complexity index is 807. The Kier molecular flexibility index (Phi) is 5.60. The zero-order chi connectivity index (χ0) is 18.4. The highest BCUT2D eigenvalue weighted by Crippen LogP contribution is 2.57. The van der Waals surface area contributed by atoms with Gasteiger partial charge in [-0.15, -0.1) is 24.2 Å². The second-order valence-corrected chi connectivity index (χ2v) is 9.81. The van der Waals surface area contributed by atoms with E-state index in [2.05, 4.69) is 61.4 Å². The molecule has 1 aliphatic carbocycles. The topological polar surface area (TPSA) is 41.5 Å². The minimum atomic E-state index is 0. The summed E-state index contributed by atoms with van der Waals surface area (Å²) < 4.78 is 0.00159. The molecule has 0 radical (unpaired) electrons. The van der Waals surface area contributed by atoms with Gasteiger partial charge in [0.25, 0.3) is 0 Å². The Morgan fingerprint density at radius 2 is 2.00 bits per heavy atom. The molecule has 1 amide bonds. The molecule has 1 aromatic rings. The molecule has 2 aliphatic heterocycles. The summed E-state index contributed by atoms with van der Waals surface area (Å²) in [5, 5.41) is 3.15. The molecule has 1 aromatic carbocycles. The molecular formula is C22H27ClN2OS. The average Bonchev–Trinajstić information content (AvgIpc) is 2.99. The number of amides is 1. The molecule has 3 atom stereocenters. The molecule has 4 rings (SSSR count). The van der Waals surface area contributed by atoms with Gasteiger partial charge in [0.05, 0.1) is 16.4 Å². The Morgan fingerprint density at radius 1 is 1.26 bits per heavy atom. The molecule has 5 heteroatoms. The summed E-state index contributed by atoms with van der Waals surface area (Å²) in [4.78, 5) is 17.6. The maximum atomic E-state index is 13.0. The standard InChI is InChI=1S/C22H26N2OS.ClH/c1-21(2,3)15-7-9-16(10-8-15)24-20(25)17-14-26-22-12-5-4-6-19(22)23-13-11-18(17)22;/h4-10,13,17-18H,11-12,14H2,1-3H3,(H,24,25);1H. The molecule has 0 saturated carbocycles. The molecule has 1 spiro atoms. The predicted molar refractivity (Wildman–Crippen MR) is 118 cm³/mol. The number of halogens is 1. The van der Waals surface area contributed by atoms with Crippen LogP contribution >= 0.6 is 24.2 Å². The first-order chi connectivity index (χ1) is 12.4. The van der Waals surface area contributed by atoms with Gasteiger partial charge in [0.1, 0.15) is 0 Å². The maximum Gasteiger partial charge on any atom is 0.228 e. The van der Waals surface area contributed by atoms with Crippen molar-refractivity contribution in [3.05, 3.63) is 53.8 Å². The van der Waals surface area contributed by atoms with Crippen molar-refractivity contribution in [1.29, 1.82) is 0 Å². The fourth-order valence-corrected chi connectivity index (χ4v) is 6.05. The lowest BCUT2D eigenvalue weighted by Gasteiger charge is -2.39. The highest BCUT2D eigenvalue weighted by Gasteiger charge is 2.54. The fourth-order valence-electron chi connectivity index (χ4n) is 4.23. The van der Waals surface area contributed by atoms with Crippen LogP contribution in [0.25, 0.3) is 0 Å². The molecule has 144 valence electrons. The highest BCUT2D eigenvalue weighted by atomic mass is 35.5. The molecule has 1 saturated heterocycles. The van der Waals surface area contributed by atoms with E-state index in [1.54, 1.807) is 0 Å². The number of thioether (sulfide) groups is 1. The number of hydrogen-bond acceptors (Lipinski definition) is 3. The first-order valence-corrected chi connectivity index (χ1v) is 10.3. The third-order valence-electron chi connectivity index (χ3n) is 5.79. The fraction of sp³-hybridized carbons (Fsp3) is 0.455. The molecule has 1 fully saturated rings. The lowest BCUT2D eigenvalue weighted by Crippen LogP contribution is -2.41. The van der Waals surface area contributed by atoms with Crippen LogP contribution in [0.4, 0.5) is 5.69 Å². The van der Waals surface area contributed by atoms with Crippen LogP contribution in [0.1, 0.15) is 39.2 Å². The van der Waals surface area contributed by atoms with E-state index in [1.807, 2.05) is 30.1 Å². The van der Waals surface area contributed by atoms with E-state index in [4.69, 9.17) is 0 Å². The number of rotatable bonds is 2. The first kappa shape index (κ1) is 20.2. The summed E-state index contributed by atoms with van der Waals surface area (Å²) in [6, 6.07) is 8.27. The smallest absolute Gasteiger partial charge is 0.228 e. The number of allylic oxidation sites excluding steroid dienone is 3. The summed E-state index contributed by atoms with van der Waals surface area (Å²) in [7, 11) is 0. The quantitative estimate of drug-likeness (QED) is 0.721. The van der Waals surface area contributed by atoms with E-state index >= 15 is 0 Å². The van der Waals surface area contributed by atoms with Crippen LogP contribution < -0.4 is 5.32 Å². The van der Waals surface area contributed by atoms with Gasteiger partial charge in [0, 0.05) is 17.7 Å². The summed E-state index contributed by atoms with van der Waals surface area (Å²) in [6.07, 6.45) is 10.3. The minimum absolute atomic E-state index is 0. The van der Waals surface area contributed by atoms with E-state index in [0.717, 1.165) is 30.0 Å². The number of aliphatic imine (C=N–C) groups is 1. The number of nitrogens with one attached hydrogen (secondary N) is 1. The van der Waals surface area contributed by atoms with Crippen molar-refractivity contribution in [3.8, 4) is 0 Å². The van der Waals surface area contributed by atoms with E-state index in [-0.39, 0.29) is 34.4 Å². The predicted octanol–water partition coefficient (Wildman–Crippen LogP) is 5.38. The van der Waals surface area contributed by atoms with E-state index in [9.17, 15) is 4.79 Å². The normalized spacial score (nSPS) is 28.6. The van der Waals surface area contributed by atoms with Crippen molar-refractivity contribution in [2.75, 3.05) is 11.1 Å². The first-order valence-electron chi connectivity index (χ1n) is 9.35. The summed E-state index contributed by atoms with van der Waals surface area (Å²) >= 11 is 1.92. The van der Waals surface area contributed by atoms with Gasteiger partial charge >= 0.3 is 0 Å². The van der Waals surface area contributed by atoms with Gasteiger partial charge in [0.2, 0.25) is 5.91 Å². The molecular weight excluding hydrogens is 376 g/mol. The number of hydrogen-bond donors (Lipinski definition) is 1. The second-order valence-electron chi connectivity index (χ2n) is 8.46. The molecule has 3 nitrogen and oxygen atoms in total. The van der Waals surface area contributed by atoms with Crippen LogP contribution in [0.15, 0.2) is 53.2 Å². The lowest BCUT2D eigenvalue weighted by atomic mass is 9.73. The van der Waals surface area contributed by atoms with Gasteiger partial charge in [-0.1, -0.05) is 45.1 Å². The van der Waals surface area contributed by atoms with Crippen LogP contribution in [0.5, 0.6) is 0 Å². The zero-order valence-electron chi connectivity index (χ0n) is 16.1. The number of benzene rings is 1. The van der Waals surface area contributed by atoms with Crippen molar-refractivity contribution >= 4 is 42.0 Å². The molecule has 27 heavy (non-hydrogen) atoms. The SMILES string of the molecule is CC(C)(C)c1ccc(NC(=O)C2CSC34CC=CC=C3N=CCC24)cc1.Cl. The monoisotopic (exact) mass is 402 g/mol. The van der Waals surface area contributed by atoms with E-state index in [0.29, 0.717) is 5.92 Å². The molecule has 3 unspecified atom stereocenters. The van der Waals surface area contributed by atoms with Crippen LogP contribution in [-0.4, -0.2) is 22.6 Å². The van der Waals surface area contributed by atoms with Crippen LogP contribution in [-0.2, 0) is 10.2 Å². The third kappa shape index (κ3) is 3.62. The van der Waals surface area contributed by atoms with Gasteiger partial charge in [-0.3, -0.25) is 9.79 Å². The van der Waals surface area contributed by atoms with Gasteiger partial charge in [0.15, 0.2) is 0 Å². The zero-order valence-corrected chi connectivity index (χ0v) is 17.7. The Labute approximate surface area is 172 Å². The molecule has 0 aromatic heterocycles. The van der Waals surface area contributed by atoms with Gasteiger partial charge in [-0.25, -0.2) is 0 Å². The lowest BCUT2D eigenvalue weighted by molar-refractivity contribution is -0.120. The van der Waals surface area contributed by atoms with Crippen LogP contribution in [0.3, 0.4) is 0 Å². The number of nitrogens with zero attached hydrogens (tertiary/aromatic N) is 1. The maximum absolute atomic E-state index is 13.0. The Morgan fingerprint density at radius 3 is 2.70 bits per heavy atom. The molecule has 3 aliphatic rings. The summed E-state index contributed by atoms with van der Waals surface area (Å²) in [6.45, 7) is 6.60. The van der Waals surface area contributed by atoms with E-state index in [1.165, 1.54) is 5.56 Å². The second kappa shape index (κ2) is 7.48. The highest BCUT2D eigenvalue weighted by molar-refractivity contribution is 8.01. The molecule has 2 heterocycles. The summed E-state index contributed by atoms with van der Waals surface area (Å²) in [5.41, 5.74) is 3.43.